The Hall–Kier alpha value is -2.37. The molecule has 2 N–H and O–H groups in total. The number of hydrogen-bond donors (Lipinski definition) is 2. The van der Waals surface area contributed by atoms with Crippen molar-refractivity contribution >= 4 is 40.7 Å². The topological polar surface area (TPSA) is 62.7 Å². The summed E-state index contributed by atoms with van der Waals surface area (Å²) in [7, 11) is 0. The lowest BCUT2D eigenvalue weighted by molar-refractivity contribution is 0.929. The third-order valence-electron chi connectivity index (χ3n) is 3.29. The molecule has 5 nitrogen and oxygen atoms in total. The van der Waals surface area contributed by atoms with Crippen LogP contribution in [0.15, 0.2) is 54.7 Å². The van der Waals surface area contributed by atoms with Crippen molar-refractivity contribution in [3.8, 4) is 0 Å². The summed E-state index contributed by atoms with van der Waals surface area (Å²) in [6.07, 6.45) is 2.41. The fourth-order valence-electron chi connectivity index (χ4n) is 2.13. The van der Waals surface area contributed by atoms with E-state index in [9.17, 15) is 0 Å². The lowest BCUT2D eigenvalue weighted by atomic mass is 10.1. The van der Waals surface area contributed by atoms with E-state index in [1.165, 1.54) is 11.8 Å². The van der Waals surface area contributed by atoms with Crippen molar-refractivity contribution in [1.82, 2.24) is 15.2 Å². The average Bonchev–Trinajstić information content (AvgIpc) is 2.59. The highest BCUT2D eigenvalue weighted by atomic mass is 35.5. The van der Waals surface area contributed by atoms with E-state index in [1.54, 1.807) is 18.2 Å². The van der Waals surface area contributed by atoms with E-state index in [2.05, 4.69) is 37.9 Å². The molecule has 122 valence electrons. The molecule has 3 rings (SSSR count). The highest BCUT2D eigenvalue weighted by Crippen LogP contribution is 2.27. The number of benzene rings is 2. The summed E-state index contributed by atoms with van der Waals surface area (Å²) in [6.45, 7) is 0.719. The maximum atomic E-state index is 6.14. The van der Waals surface area contributed by atoms with Gasteiger partial charge < -0.3 is 10.6 Å². The number of nitrogens with one attached hydrogen (secondary N) is 2. The van der Waals surface area contributed by atoms with Crippen LogP contribution in [0.5, 0.6) is 0 Å². The zero-order valence-electron chi connectivity index (χ0n) is 12.7. The van der Waals surface area contributed by atoms with Gasteiger partial charge in [-0.05, 0) is 30.2 Å². The summed E-state index contributed by atoms with van der Waals surface area (Å²) >= 11 is 12.0. The predicted octanol–water partition coefficient (Wildman–Crippen LogP) is 4.58. The molecule has 0 bridgehead atoms. The van der Waals surface area contributed by atoms with E-state index < -0.39 is 0 Å². The van der Waals surface area contributed by atoms with E-state index >= 15 is 0 Å². The quantitative estimate of drug-likeness (QED) is 0.674. The summed E-state index contributed by atoms with van der Waals surface area (Å²) in [5, 5.41) is 15.3. The van der Waals surface area contributed by atoms with Gasteiger partial charge in [0.2, 0.25) is 5.95 Å². The first kappa shape index (κ1) is 16.5. The molecule has 1 aromatic heterocycles. The molecule has 0 atom stereocenters. The van der Waals surface area contributed by atoms with Gasteiger partial charge in [-0.1, -0.05) is 53.5 Å². The molecule has 0 unspecified atom stereocenters. The normalized spacial score (nSPS) is 10.4. The molecule has 0 spiro atoms. The van der Waals surface area contributed by atoms with Gasteiger partial charge in [0.15, 0.2) is 5.82 Å². The monoisotopic (exact) mass is 359 g/mol. The molecule has 0 radical (unpaired) electrons. The molecule has 0 fully saturated rings. The molecule has 24 heavy (non-hydrogen) atoms. The second kappa shape index (κ2) is 7.95. The minimum absolute atomic E-state index is 0.459. The molecule has 0 amide bonds. The van der Waals surface area contributed by atoms with Gasteiger partial charge in [-0.25, -0.2) is 0 Å². The van der Waals surface area contributed by atoms with Gasteiger partial charge in [-0.15, -0.1) is 5.10 Å². The Morgan fingerprint density at radius 1 is 1.00 bits per heavy atom. The van der Waals surface area contributed by atoms with Crippen LogP contribution in [0.3, 0.4) is 0 Å². The second-order valence-electron chi connectivity index (χ2n) is 5.08. The third-order valence-corrected chi connectivity index (χ3v) is 3.84. The zero-order valence-corrected chi connectivity index (χ0v) is 14.2. The molecule has 1 heterocycles. The Bertz CT molecular complexity index is 811. The molecule has 0 aliphatic heterocycles. The van der Waals surface area contributed by atoms with Crippen LogP contribution in [0.1, 0.15) is 5.56 Å². The van der Waals surface area contributed by atoms with Crippen LogP contribution >= 0.6 is 23.2 Å². The van der Waals surface area contributed by atoms with Crippen molar-refractivity contribution in [3.63, 3.8) is 0 Å². The van der Waals surface area contributed by atoms with E-state index in [4.69, 9.17) is 23.2 Å². The lowest BCUT2D eigenvalue weighted by Crippen LogP contribution is -2.09. The Labute approximate surface area is 150 Å². The number of hydrogen-bond acceptors (Lipinski definition) is 5. The van der Waals surface area contributed by atoms with Gasteiger partial charge in [0.05, 0.1) is 16.9 Å². The fraction of sp³-hybridized carbons (Fsp3) is 0.118. The Morgan fingerprint density at radius 2 is 1.83 bits per heavy atom. The summed E-state index contributed by atoms with van der Waals surface area (Å²) in [6, 6.07) is 15.4. The third kappa shape index (κ3) is 4.57. The summed E-state index contributed by atoms with van der Waals surface area (Å²) in [5.41, 5.74) is 1.96. The predicted molar refractivity (Wildman–Crippen MR) is 98.2 cm³/mol. The van der Waals surface area contributed by atoms with Crippen molar-refractivity contribution in [2.24, 2.45) is 0 Å². The van der Waals surface area contributed by atoms with Gasteiger partial charge in [0.25, 0.3) is 0 Å². The van der Waals surface area contributed by atoms with Crippen LogP contribution in [0.2, 0.25) is 10.0 Å². The number of anilines is 3. The van der Waals surface area contributed by atoms with Crippen LogP contribution < -0.4 is 10.6 Å². The van der Waals surface area contributed by atoms with Gasteiger partial charge in [0, 0.05) is 11.6 Å². The van der Waals surface area contributed by atoms with Gasteiger partial charge in [-0.3, -0.25) is 0 Å². The Kier molecular flexibility index (Phi) is 5.46. The van der Waals surface area contributed by atoms with E-state index in [0.29, 0.717) is 27.5 Å². The van der Waals surface area contributed by atoms with Crippen LogP contribution in [-0.4, -0.2) is 21.7 Å². The summed E-state index contributed by atoms with van der Waals surface area (Å²) in [5.74, 6) is 1.01. The van der Waals surface area contributed by atoms with E-state index in [-0.39, 0.29) is 0 Å². The molecule has 2 aromatic carbocycles. The minimum Gasteiger partial charge on any atom is -0.353 e. The fourth-order valence-corrected chi connectivity index (χ4v) is 2.59. The Balaban J connectivity index is 1.61. The summed E-state index contributed by atoms with van der Waals surface area (Å²) in [4.78, 5) is 4.38. The first-order valence-corrected chi connectivity index (χ1v) is 8.16. The highest BCUT2D eigenvalue weighted by molar-refractivity contribution is 6.36. The van der Waals surface area contributed by atoms with Crippen molar-refractivity contribution in [3.05, 3.63) is 70.3 Å². The zero-order chi connectivity index (χ0) is 16.8. The van der Waals surface area contributed by atoms with Crippen molar-refractivity contribution in [2.45, 2.75) is 6.42 Å². The second-order valence-corrected chi connectivity index (χ2v) is 5.92. The van der Waals surface area contributed by atoms with Gasteiger partial charge in [-0.2, -0.15) is 10.1 Å². The molecular formula is C17H15Cl2N5. The molecule has 7 heteroatoms. The van der Waals surface area contributed by atoms with E-state index in [1.807, 2.05) is 18.2 Å². The van der Waals surface area contributed by atoms with Crippen LogP contribution in [0.25, 0.3) is 0 Å². The number of aromatic nitrogens is 3. The number of halogens is 2. The first-order chi connectivity index (χ1) is 11.7. The molecule has 0 aliphatic carbocycles. The standard InChI is InChI=1S/C17H15Cl2N5/c18-13-6-7-15(14(19)10-13)22-16-11-21-24-17(23-16)20-9-8-12-4-2-1-3-5-12/h1-7,10-11H,8-9H2,(H2,20,22,23,24). The first-order valence-electron chi connectivity index (χ1n) is 7.40. The SMILES string of the molecule is Clc1ccc(Nc2cnnc(NCCc3ccccc3)n2)c(Cl)c1. The molecule has 0 saturated heterocycles. The minimum atomic E-state index is 0.459. The number of rotatable bonds is 6. The lowest BCUT2D eigenvalue weighted by Gasteiger charge is -2.09. The van der Waals surface area contributed by atoms with E-state index in [0.717, 1.165) is 13.0 Å². The molecule has 0 aliphatic rings. The van der Waals surface area contributed by atoms with Gasteiger partial charge in [0.1, 0.15) is 0 Å². The molecular weight excluding hydrogens is 345 g/mol. The van der Waals surface area contributed by atoms with Crippen LogP contribution in [-0.2, 0) is 6.42 Å². The largest absolute Gasteiger partial charge is 0.353 e. The van der Waals surface area contributed by atoms with Crippen molar-refractivity contribution in [2.75, 3.05) is 17.2 Å². The van der Waals surface area contributed by atoms with Crippen LogP contribution in [0, 0.1) is 0 Å². The molecule has 3 aromatic rings. The number of nitrogens with zero attached hydrogens (tertiary/aromatic N) is 3. The van der Waals surface area contributed by atoms with Crippen LogP contribution in [0.4, 0.5) is 17.5 Å². The smallest absolute Gasteiger partial charge is 0.244 e. The van der Waals surface area contributed by atoms with Crippen molar-refractivity contribution in [1.29, 1.82) is 0 Å². The molecule has 0 saturated carbocycles. The maximum Gasteiger partial charge on any atom is 0.244 e. The van der Waals surface area contributed by atoms with Crippen molar-refractivity contribution < 1.29 is 0 Å². The van der Waals surface area contributed by atoms with Gasteiger partial charge >= 0.3 is 0 Å². The highest BCUT2D eigenvalue weighted by Gasteiger charge is 2.05. The average molecular weight is 360 g/mol. The maximum absolute atomic E-state index is 6.14. The Morgan fingerprint density at radius 3 is 2.62 bits per heavy atom. The summed E-state index contributed by atoms with van der Waals surface area (Å²) < 4.78 is 0.